The molecule has 23 heavy (non-hydrogen) atoms. The second kappa shape index (κ2) is 6.62. The number of aryl methyl sites for hydroxylation is 1. The van der Waals surface area contributed by atoms with Gasteiger partial charge in [-0.25, -0.2) is 0 Å². The number of methoxy groups -OCH3 is 2. The lowest BCUT2D eigenvalue weighted by Crippen LogP contribution is -2.10. The minimum Gasteiger partial charge on any atom is -0.497 e. The molecule has 0 saturated heterocycles. The van der Waals surface area contributed by atoms with Gasteiger partial charge in [-0.15, -0.1) is 11.3 Å². The molecule has 122 valence electrons. The highest BCUT2D eigenvalue weighted by Crippen LogP contribution is 2.33. The molecule has 0 spiro atoms. The molecule has 1 amide bonds. The van der Waals surface area contributed by atoms with Crippen LogP contribution >= 0.6 is 11.3 Å². The van der Waals surface area contributed by atoms with Crippen LogP contribution in [-0.4, -0.2) is 20.1 Å². The van der Waals surface area contributed by atoms with E-state index in [1.807, 2.05) is 6.07 Å². The largest absolute Gasteiger partial charge is 0.497 e. The van der Waals surface area contributed by atoms with Gasteiger partial charge in [-0.2, -0.15) is 0 Å². The summed E-state index contributed by atoms with van der Waals surface area (Å²) in [5.74, 6) is 1.93. The zero-order chi connectivity index (χ0) is 16.4. The van der Waals surface area contributed by atoms with Crippen molar-refractivity contribution in [2.24, 2.45) is 5.92 Å². The number of hydrogen-bond donors (Lipinski definition) is 1. The van der Waals surface area contributed by atoms with Gasteiger partial charge >= 0.3 is 0 Å². The van der Waals surface area contributed by atoms with Crippen LogP contribution in [0.25, 0.3) is 0 Å². The number of amides is 1. The summed E-state index contributed by atoms with van der Waals surface area (Å²) in [6, 6.07) is 7.40. The monoisotopic (exact) mass is 331 g/mol. The van der Waals surface area contributed by atoms with Gasteiger partial charge in [0.2, 0.25) is 0 Å². The molecule has 1 aromatic carbocycles. The Bertz CT molecular complexity index is 701. The molecule has 0 fully saturated rings. The maximum atomic E-state index is 12.5. The Morgan fingerprint density at radius 2 is 1.87 bits per heavy atom. The normalized spacial score (nSPS) is 16.6. The van der Waals surface area contributed by atoms with Crippen molar-refractivity contribution in [1.29, 1.82) is 0 Å². The fourth-order valence-electron chi connectivity index (χ4n) is 2.89. The van der Waals surface area contributed by atoms with Crippen LogP contribution in [0.4, 0.5) is 5.69 Å². The van der Waals surface area contributed by atoms with E-state index in [0.717, 1.165) is 17.7 Å². The third-order valence-corrected chi connectivity index (χ3v) is 5.40. The van der Waals surface area contributed by atoms with Crippen molar-refractivity contribution in [3.05, 3.63) is 39.6 Å². The fraction of sp³-hybridized carbons (Fsp3) is 0.389. The van der Waals surface area contributed by atoms with Gasteiger partial charge in [0.1, 0.15) is 11.5 Å². The van der Waals surface area contributed by atoms with Crippen molar-refractivity contribution in [3.8, 4) is 11.5 Å². The molecule has 1 atom stereocenters. The first kappa shape index (κ1) is 15.9. The SMILES string of the molecule is COc1cc(NC(=O)c2cc3c(s2)CC[C@@H](C)C3)cc(OC)c1. The first-order valence-electron chi connectivity index (χ1n) is 7.75. The molecule has 1 N–H and O–H groups in total. The van der Waals surface area contributed by atoms with Crippen molar-refractivity contribution in [2.75, 3.05) is 19.5 Å². The van der Waals surface area contributed by atoms with Gasteiger partial charge in [0.05, 0.1) is 19.1 Å². The number of fused-ring (bicyclic) bond motifs is 1. The third-order valence-electron chi connectivity index (χ3n) is 4.16. The Hall–Kier alpha value is -2.01. The highest BCUT2D eigenvalue weighted by molar-refractivity contribution is 7.14. The summed E-state index contributed by atoms with van der Waals surface area (Å²) in [7, 11) is 3.18. The molecule has 5 heteroatoms. The first-order chi connectivity index (χ1) is 11.1. The molecule has 0 saturated carbocycles. The summed E-state index contributed by atoms with van der Waals surface area (Å²) in [6.07, 6.45) is 3.37. The molecular weight excluding hydrogens is 310 g/mol. The van der Waals surface area contributed by atoms with Crippen LogP contribution in [-0.2, 0) is 12.8 Å². The van der Waals surface area contributed by atoms with E-state index in [1.54, 1.807) is 43.8 Å². The van der Waals surface area contributed by atoms with E-state index in [9.17, 15) is 4.79 Å². The number of rotatable bonds is 4. The van der Waals surface area contributed by atoms with E-state index in [4.69, 9.17) is 9.47 Å². The molecule has 1 aliphatic rings. The topological polar surface area (TPSA) is 47.6 Å². The maximum absolute atomic E-state index is 12.5. The standard InChI is InChI=1S/C18H21NO3S/c1-11-4-5-16-12(6-11)7-17(23-16)18(20)19-13-8-14(21-2)10-15(9-13)22-3/h7-11H,4-6H2,1-3H3,(H,19,20)/t11-/m1/s1. The summed E-state index contributed by atoms with van der Waals surface area (Å²) >= 11 is 1.61. The molecule has 1 aromatic heterocycles. The maximum Gasteiger partial charge on any atom is 0.265 e. The molecule has 1 aliphatic carbocycles. The van der Waals surface area contributed by atoms with Crippen molar-refractivity contribution in [3.63, 3.8) is 0 Å². The Morgan fingerprint density at radius 1 is 1.17 bits per heavy atom. The van der Waals surface area contributed by atoms with Crippen molar-refractivity contribution in [2.45, 2.75) is 26.2 Å². The number of anilines is 1. The van der Waals surface area contributed by atoms with Crippen molar-refractivity contribution >= 4 is 22.9 Å². The Kier molecular flexibility index (Phi) is 4.57. The van der Waals surface area contributed by atoms with Crippen LogP contribution in [0.2, 0.25) is 0 Å². The zero-order valence-electron chi connectivity index (χ0n) is 13.6. The average molecular weight is 331 g/mol. The highest BCUT2D eigenvalue weighted by Gasteiger charge is 2.20. The summed E-state index contributed by atoms with van der Waals surface area (Å²) in [5, 5.41) is 2.94. The van der Waals surface area contributed by atoms with Crippen LogP contribution in [0.3, 0.4) is 0 Å². The molecular formula is C18H21NO3S. The summed E-state index contributed by atoms with van der Waals surface area (Å²) in [4.78, 5) is 14.7. The van der Waals surface area contributed by atoms with Gasteiger partial charge in [-0.1, -0.05) is 6.92 Å². The lowest BCUT2D eigenvalue weighted by Gasteiger charge is -2.16. The number of ether oxygens (including phenoxy) is 2. The third kappa shape index (κ3) is 3.50. The van der Waals surface area contributed by atoms with Crippen molar-refractivity contribution in [1.82, 2.24) is 0 Å². The minimum absolute atomic E-state index is 0.0765. The van der Waals surface area contributed by atoms with Crippen LogP contribution in [0.5, 0.6) is 11.5 Å². The smallest absolute Gasteiger partial charge is 0.265 e. The quantitative estimate of drug-likeness (QED) is 0.916. The minimum atomic E-state index is -0.0765. The van der Waals surface area contributed by atoms with E-state index >= 15 is 0 Å². The summed E-state index contributed by atoms with van der Waals surface area (Å²) < 4.78 is 10.5. The van der Waals surface area contributed by atoms with Crippen LogP contribution in [0, 0.1) is 5.92 Å². The molecule has 4 nitrogen and oxygen atoms in total. The second-order valence-electron chi connectivity index (χ2n) is 5.96. The second-order valence-corrected chi connectivity index (χ2v) is 7.10. The zero-order valence-corrected chi connectivity index (χ0v) is 14.5. The van der Waals surface area contributed by atoms with E-state index in [-0.39, 0.29) is 5.91 Å². The number of hydrogen-bond acceptors (Lipinski definition) is 4. The number of carbonyl (C=O) groups is 1. The number of thiophene rings is 1. The Morgan fingerprint density at radius 3 is 2.52 bits per heavy atom. The first-order valence-corrected chi connectivity index (χ1v) is 8.56. The molecule has 0 unspecified atom stereocenters. The van der Waals surface area contributed by atoms with E-state index in [1.165, 1.54) is 16.9 Å². The fourth-order valence-corrected chi connectivity index (χ4v) is 3.99. The number of nitrogens with one attached hydrogen (secondary N) is 1. The van der Waals surface area contributed by atoms with Gasteiger partial charge in [0.15, 0.2) is 0 Å². The number of benzene rings is 1. The van der Waals surface area contributed by atoms with Crippen LogP contribution in [0.15, 0.2) is 24.3 Å². The van der Waals surface area contributed by atoms with Crippen LogP contribution in [0.1, 0.15) is 33.5 Å². The average Bonchev–Trinajstić information content (AvgIpc) is 2.97. The van der Waals surface area contributed by atoms with Gasteiger partial charge in [-0.05, 0) is 36.8 Å². The van der Waals surface area contributed by atoms with Crippen LogP contribution < -0.4 is 14.8 Å². The lowest BCUT2D eigenvalue weighted by molar-refractivity contribution is 0.103. The van der Waals surface area contributed by atoms with Gasteiger partial charge < -0.3 is 14.8 Å². The summed E-state index contributed by atoms with van der Waals surface area (Å²) in [6.45, 7) is 2.27. The predicted molar refractivity (Wildman–Crippen MR) is 93.0 cm³/mol. The molecule has 0 aliphatic heterocycles. The Labute approximate surface area is 140 Å². The predicted octanol–water partition coefficient (Wildman–Crippen LogP) is 4.14. The van der Waals surface area contributed by atoms with Crippen molar-refractivity contribution < 1.29 is 14.3 Å². The lowest BCUT2D eigenvalue weighted by atomic mass is 9.90. The van der Waals surface area contributed by atoms with Gasteiger partial charge in [0.25, 0.3) is 5.91 Å². The van der Waals surface area contributed by atoms with E-state index in [0.29, 0.717) is 23.1 Å². The van der Waals surface area contributed by atoms with Gasteiger partial charge in [-0.3, -0.25) is 4.79 Å². The van der Waals surface area contributed by atoms with Gasteiger partial charge in [0, 0.05) is 28.8 Å². The molecule has 2 aromatic rings. The summed E-state index contributed by atoms with van der Waals surface area (Å²) in [5.41, 5.74) is 2.01. The number of carbonyl (C=O) groups excluding carboxylic acids is 1. The molecule has 0 bridgehead atoms. The van der Waals surface area contributed by atoms with E-state index in [2.05, 4.69) is 12.2 Å². The molecule has 0 radical (unpaired) electrons. The molecule has 1 heterocycles. The van der Waals surface area contributed by atoms with E-state index < -0.39 is 0 Å². The molecule has 3 rings (SSSR count). The highest BCUT2D eigenvalue weighted by atomic mass is 32.1. The Balaban J connectivity index is 1.79.